The molecule has 0 saturated heterocycles. The number of aromatic nitrogens is 1. The van der Waals surface area contributed by atoms with Crippen molar-refractivity contribution in [2.24, 2.45) is 9.98 Å². The minimum atomic E-state index is -4.39. The molecule has 4 aromatic rings. The van der Waals surface area contributed by atoms with E-state index in [1.54, 1.807) is 18.2 Å². The number of hydrogen-bond acceptors (Lipinski definition) is 3. The molecular formula is C23H13ClF3N3O. The Morgan fingerprint density at radius 3 is 2.45 bits per heavy atom. The van der Waals surface area contributed by atoms with Gasteiger partial charge in [-0.25, -0.2) is 9.98 Å². The molecule has 0 unspecified atom stereocenters. The van der Waals surface area contributed by atoms with Crippen LogP contribution in [-0.4, -0.2) is 15.9 Å². The van der Waals surface area contributed by atoms with Crippen LogP contribution in [0.2, 0.25) is 5.02 Å². The van der Waals surface area contributed by atoms with Gasteiger partial charge in [-0.3, -0.25) is 0 Å². The number of aromatic amines is 1. The van der Waals surface area contributed by atoms with Gasteiger partial charge in [-0.1, -0.05) is 35.9 Å². The molecule has 31 heavy (non-hydrogen) atoms. The van der Waals surface area contributed by atoms with Gasteiger partial charge in [-0.05, 0) is 47.7 Å². The zero-order valence-electron chi connectivity index (χ0n) is 15.7. The summed E-state index contributed by atoms with van der Waals surface area (Å²) in [5, 5.41) is 13.1. The van der Waals surface area contributed by atoms with Gasteiger partial charge in [0.1, 0.15) is 0 Å². The van der Waals surface area contributed by atoms with Gasteiger partial charge in [-0.15, -0.1) is 0 Å². The third-order valence-electron chi connectivity index (χ3n) is 5.01. The van der Waals surface area contributed by atoms with Gasteiger partial charge in [0, 0.05) is 21.5 Å². The first-order chi connectivity index (χ1) is 14.8. The Hall–Kier alpha value is -3.58. The van der Waals surface area contributed by atoms with Gasteiger partial charge in [-0.2, -0.15) is 13.2 Å². The van der Waals surface area contributed by atoms with Crippen LogP contribution in [0.25, 0.3) is 17.0 Å². The van der Waals surface area contributed by atoms with E-state index in [0.717, 1.165) is 28.3 Å². The average Bonchev–Trinajstić information content (AvgIpc) is 3.28. The summed E-state index contributed by atoms with van der Waals surface area (Å²) in [5.74, 6) is 0.377. The number of aromatic hydroxyl groups is 1. The van der Waals surface area contributed by atoms with Crippen LogP contribution >= 0.6 is 11.6 Å². The quantitative estimate of drug-likeness (QED) is 0.449. The zero-order valence-corrected chi connectivity index (χ0v) is 16.5. The lowest BCUT2D eigenvalue weighted by atomic mass is 10.1. The summed E-state index contributed by atoms with van der Waals surface area (Å²) >= 11 is 6.01. The summed E-state index contributed by atoms with van der Waals surface area (Å²) in [6.45, 7) is 0. The van der Waals surface area contributed by atoms with Crippen LogP contribution in [0.4, 0.5) is 18.9 Å². The van der Waals surface area contributed by atoms with Gasteiger partial charge < -0.3 is 10.1 Å². The minimum absolute atomic E-state index is 0.0244. The van der Waals surface area contributed by atoms with Gasteiger partial charge >= 0.3 is 6.18 Å². The van der Waals surface area contributed by atoms with E-state index in [1.165, 1.54) is 12.1 Å². The Morgan fingerprint density at radius 2 is 1.71 bits per heavy atom. The second kappa shape index (κ2) is 6.99. The van der Waals surface area contributed by atoms with E-state index in [-0.39, 0.29) is 5.88 Å². The van der Waals surface area contributed by atoms with Crippen LogP contribution in [-0.2, 0) is 6.18 Å². The minimum Gasteiger partial charge on any atom is -0.494 e. The maximum Gasteiger partial charge on any atom is 0.416 e. The van der Waals surface area contributed by atoms with Crippen molar-refractivity contribution >= 4 is 40.1 Å². The van der Waals surface area contributed by atoms with Crippen LogP contribution in [0.3, 0.4) is 0 Å². The molecule has 0 bridgehead atoms. The van der Waals surface area contributed by atoms with Crippen molar-refractivity contribution in [3.63, 3.8) is 0 Å². The van der Waals surface area contributed by atoms with Crippen molar-refractivity contribution < 1.29 is 18.3 Å². The van der Waals surface area contributed by atoms with Crippen LogP contribution in [0.15, 0.2) is 70.6 Å². The van der Waals surface area contributed by atoms with Crippen molar-refractivity contribution in [3.8, 4) is 5.88 Å². The van der Waals surface area contributed by atoms with Crippen molar-refractivity contribution in [2.45, 2.75) is 6.18 Å². The van der Waals surface area contributed by atoms with E-state index < -0.39 is 11.7 Å². The molecule has 4 nitrogen and oxygen atoms in total. The molecule has 0 amide bonds. The first-order valence-electron chi connectivity index (χ1n) is 9.25. The first kappa shape index (κ1) is 19.4. The van der Waals surface area contributed by atoms with Crippen molar-refractivity contribution in [3.05, 3.63) is 93.0 Å². The third kappa shape index (κ3) is 3.57. The highest BCUT2D eigenvalue weighted by molar-refractivity contribution is 6.31. The van der Waals surface area contributed by atoms with Gasteiger partial charge in [0.2, 0.25) is 0 Å². The fourth-order valence-corrected chi connectivity index (χ4v) is 3.67. The molecule has 0 aliphatic carbocycles. The van der Waals surface area contributed by atoms with Crippen LogP contribution in [0, 0.1) is 0 Å². The van der Waals surface area contributed by atoms with Crippen molar-refractivity contribution in [1.29, 1.82) is 0 Å². The van der Waals surface area contributed by atoms with E-state index in [9.17, 15) is 18.3 Å². The molecular weight excluding hydrogens is 427 g/mol. The highest BCUT2D eigenvalue weighted by Gasteiger charge is 2.30. The second-order valence-corrected chi connectivity index (χ2v) is 7.53. The lowest BCUT2D eigenvalue weighted by Crippen LogP contribution is -2.07. The number of amidine groups is 1. The van der Waals surface area contributed by atoms with Crippen molar-refractivity contribution in [2.75, 3.05) is 0 Å². The number of fused-ring (bicyclic) bond motifs is 2. The Balaban J connectivity index is 1.52. The second-order valence-electron chi connectivity index (χ2n) is 7.09. The molecule has 0 spiro atoms. The SMILES string of the molecule is Oc1[nH]c2cc(Cl)ccc2c1/C=c1/ccc2c(c1)N=C(c1ccc(C(F)(F)F)cc1)N=2. The molecule has 1 aromatic heterocycles. The topological polar surface area (TPSA) is 60.7 Å². The highest BCUT2D eigenvalue weighted by Crippen LogP contribution is 2.30. The maximum absolute atomic E-state index is 12.8. The number of rotatable bonds is 2. The molecule has 3 aromatic carbocycles. The van der Waals surface area contributed by atoms with Crippen LogP contribution < -0.4 is 10.6 Å². The third-order valence-corrected chi connectivity index (χ3v) is 5.25. The smallest absolute Gasteiger partial charge is 0.416 e. The fraction of sp³-hybridized carbons (Fsp3) is 0.0435. The van der Waals surface area contributed by atoms with Crippen LogP contribution in [0.1, 0.15) is 16.7 Å². The standard InChI is InChI=1S/C23H13ClF3N3O/c24-15-6-7-16-17(22(31)30-19(16)11-15)9-12-1-8-18-20(10-12)29-21(28-18)13-2-4-14(5-3-13)23(25,26)27/h1-11,30-31H/b12-9-. The van der Waals surface area contributed by atoms with E-state index in [4.69, 9.17) is 11.6 Å². The summed E-state index contributed by atoms with van der Waals surface area (Å²) in [4.78, 5) is 11.8. The molecule has 0 fully saturated rings. The normalized spacial score (nSPS) is 13.9. The van der Waals surface area contributed by atoms with E-state index >= 15 is 0 Å². The zero-order chi connectivity index (χ0) is 21.8. The van der Waals surface area contributed by atoms with E-state index in [2.05, 4.69) is 15.0 Å². The lowest BCUT2D eigenvalue weighted by Gasteiger charge is -2.06. The number of alkyl halides is 3. The van der Waals surface area contributed by atoms with E-state index in [1.807, 2.05) is 24.3 Å². The highest BCUT2D eigenvalue weighted by atomic mass is 35.5. The molecule has 2 N–H and O–H groups in total. The van der Waals surface area contributed by atoms with E-state index in [0.29, 0.717) is 33.0 Å². The van der Waals surface area contributed by atoms with Gasteiger partial charge in [0.05, 0.1) is 22.1 Å². The fourth-order valence-electron chi connectivity index (χ4n) is 3.49. The molecule has 2 heterocycles. The Labute approximate surface area is 178 Å². The first-order valence-corrected chi connectivity index (χ1v) is 9.63. The predicted molar refractivity (Wildman–Crippen MR) is 113 cm³/mol. The van der Waals surface area contributed by atoms with Gasteiger partial charge in [0.15, 0.2) is 11.7 Å². The average molecular weight is 440 g/mol. The number of hydrogen-bond donors (Lipinski definition) is 2. The van der Waals surface area contributed by atoms with Crippen LogP contribution in [0.5, 0.6) is 5.88 Å². The Bertz CT molecular complexity index is 1490. The molecule has 8 heteroatoms. The molecule has 1 aliphatic heterocycles. The number of halogens is 4. The summed E-state index contributed by atoms with van der Waals surface area (Å²) in [6.07, 6.45) is -2.58. The lowest BCUT2D eigenvalue weighted by molar-refractivity contribution is -0.137. The number of benzene rings is 3. The monoisotopic (exact) mass is 439 g/mol. The number of aliphatic imine (C=N–C) groups is 1. The Kier molecular flexibility index (Phi) is 4.37. The molecule has 5 rings (SSSR count). The summed E-state index contributed by atoms with van der Waals surface area (Å²) in [5.41, 5.74) is 1.72. The number of nitrogens with zero attached hydrogens (tertiary/aromatic N) is 2. The predicted octanol–water partition coefficient (Wildman–Crippen LogP) is 5.09. The molecule has 0 saturated carbocycles. The molecule has 154 valence electrons. The van der Waals surface area contributed by atoms with Gasteiger partial charge in [0.25, 0.3) is 0 Å². The molecule has 0 atom stereocenters. The number of H-pyrrole nitrogens is 1. The largest absolute Gasteiger partial charge is 0.494 e. The number of nitrogens with one attached hydrogen (secondary N) is 1. The summed E-state index contributed by atoms with van der Waals surface area (Å²) < 4.78 is 38.3. The molecule has 0 radical (unpaired) electrons. The van der Waals surface area contributed by atoms with Crippen molar-refractivity contribution in [1.82, 2.24) is 4.98 Å². The summed E-state index contributed by atoms with van der Waals surface area (Å²) in [7, 11) is 0. The molecule has 1 aliphatic rings. The summed E-state index contributed by atoms with van der Waals surface area (Å²) in [6, 6.07) is 15.5. The Morgan fingerprint density at radius 1 is 0.935 bits per heavy atom. The maximum atomic E-state index is 12.8.